The van der Waals surface area contributed by atoms with Gasteiger partial charge < -0.3 is 10.1 Å². The van der Waals surface area contributed by atoms with Crippen LogP contribution in [0.3, 0.4) is 0 Å². The fourth-order valence-corrected chi connectivity index (χ4v) is 1.53. The second-order valence-corrected chi connectivity index (χ2v) is 3.56. The lowest BCUT2D eigenvalue weighted by Crippen LogP contribution is -1.97. The summed E-state index contributed by atoms with van der Waals surface area (Å²) in [6.45, 7) is 2.10. The van der Waals surface area contributed by atoms with Gasteiger partial charge in [-0.2, -0.15) is 4.98 Å². The van der Waals surface area contributed by atoms with Crippen LogP contribution in [0.1, 0.15) is 12.5 Å². The largest absolute Gasteiger partial charge is 0.437 e. The van der Waals surface area contributed by atoms with Crippen molar-refractivity contribution >= 4 is 5.82 Å². The van der Waals surface area contributed by atoms with Gasteiger partial charge >= 0.3 is 0 Å². The fraction of sp³-hybridized carbons (Fsp3) is 0.231. The van der Waals surface area contributed by atoms with Gasteiger partial charge in [0.15, 0.2) is 0 Å². The van der Waals surface area contributed by atoms with Crippen molar-refractivity contribution in [2.45, 2.75) is 13.3 Å². The summed E-state index contributed by atoms with van der Waals surface area (Å²) in [5, 5.41) is 2.93. The number of nitrogens with one attached hydrogen (secondary N) is 1. The summed E-state index contributed by atoms with van der Waals surface area (Å²) in [4.78, 5) is 8.32. The maximum absolute atomic E-state index is 5.73. The zero-order valence-electron chi connectivity index (χ0n) is 9.97. The number of aromatic nitrogens is 2. The Hall–Kier alpha value is -2.10. The highest BCUT2D eigenvalue weighted by Gasteiger charge is 2.04. The molecule has 4 nitrogen and oxygen atoms in total. The molecule has 0 amide bonds. The first-order chi connectivity index (χ1) is 8.33. The van der Waals surface area contributed by atoms with Crippen molar-refractivity contribution in [1.82, 2.24) is 9.97 Å². The molecule has 0 radical (unpaired) electrons. The van der Waals surface area contributed by atoms with E-state index in [-0.39, 0.29) is 0 Å². The van der Waals surface area contributed by atoms with Gasteiger partial charge in [-0.3, -0.25) is 4.98 Å². The molecule has 0 aliphatic heterocycles. The van der Waals surface area contributed by atoms with Crippen molar-refractivity contribution in [2.24, 2.45) is 0 Å². The first-order valence-electron chi connectivity index (χ1n) is 5.59. The number of rotatable bonds is 4. The van der Waals surface area contributed by atoms with Crippen LogP contribution in [0, 0.1) is 0 Å². The number of nitrogens with zero attached hydrogens (tertiary/aromatic N) is 2. The second-order valence-electron chi connectivity index (χ2n) is 3.56. The van der Waals surface area contributed by atoms with Crippen LogP contribution >= 0.6 is 0 Å². The van der Waals surface area contributed by atoms with Crippen molar-refractivity contribution in [1.29, 1.82) is 0 Å². The third-order valence-electron chi connectivity index (χ3n) is 2.44. The highest BCUT2D eigenvalue weighted by atomic mass is 16.5. The summed E-state index contributed by atoms with van der Waals surface area (Å²) in [5.41, 5.74) is 1.16. The Balaban J connectivity index is 2.24. The normalized spacial score (nSPS) is 10.0. The quantitative estimate of drug-likeness (QED) is 0.875. The van der Waals surface area contributed by atoms with E-state index in [9.17, 15) is 0 Å². The topological polar surface area (TPSA) is 47.0 Å². The van der Waals surface area contributed by atoms with Gasteiger partial charge in [0.25, 0.3) is 0 Å². The Labute approximate surface area is 101 Å². The fourth-order valence-electron chi connectivity index (χ4n) is 1.53. The van der Waals surface area contributed by atoms with E-state index in [1.54, 1.807) is 19.4 Å². The van der Waals surface area contributed by atoms with E-state index in [0.29, 0.717) is 11.7 Å². The first kappa shape index (κ1) is 11.4. The zero-order valence-corrected chi connectivity index (χ0v) is 9.97. The molecule has 0 unspecified atom stereocenters. The SMILES string of the molecule is CCc1ccccc1Oc1cncc(NC)n1. The summed E-state index contributed by atoms with van der Waals surface area (Å²) in [7, 11) is 1.80. The molecule has 0 bridgehead atoms. The van der Waals surface area contributed by atoms with E-state index < -0.39 is 0 Å². The van der Waals surface area contributed by atoms with Crippen LogP contribution in [0.2, 0.25) is 0 Å². The molecule has 1 heterocycles. The minimum Gasteiger partial charge on any atom is -0.437 e. The molecule has 0 saturated heterocycles. The zero-order chi connectivity index (χ0) is 12.1. The highest BCUT2D eigenvalue weighted by Crippen LogP contribution is 2.24. The monoisotopic (exact) mass is 229 g/mol. The summed E-state index contributed by atoms with van der Waals surface area (Å²) >= 11 is 0. The van der Waals surface area contributed by atoms with Crippen molar-refractivity contribution in [3.05, 3.63) is 42.2 Å². The minimum absolute atomic E-state index is 0.498. The Kier molecular flexibility index (Phi) is 3.55. The van der Waals surface area contributed by atoms with E-state index in [1.807, 2.05) is 24.3 Å². The molecule has 1 aromatic heterocycles. The van der Waals surface area contributed by atoms with Gasteiger partial charge in [-0.25, -0.2) is 0 Å². The molecule has 2 rings (SSSR count). The molecule has 2 aromatic rings. The third-order valence-corrected chi connectivity index (χ3v) is 2.44. The summed E-state index contributed by atoms with van der Waals surface area (Å²) in [6.07, 6.45) is 4.18. The highest BCUT2D eigenvalue weighted by molar-refractivity contribution is 5.37. The Morgan fingerprint density at radius 2 is 2.06 bits per heavy atom. The van der Waals surface area contributed by atoms with Gasteiger partial charge in [0, 0.05) is 7.05 Å². The van der Waals surface area contributed by atoms with Crippen LogP contribution in [-0.2, 0) is 6.42 Å². The van der Waals surface area contributed by atoms with Crippen LogP contribution in [0.4, 0.5) is 5.82 Å². The molecule has 0 saturated carbocycles. The Bertz CT molecular complexity index is 500. The van der Waals surface area contributed by atoms with E-state index in [0.717, 1.165) is 17.7 Å². The van der Waals surface area contributed by atoms with Crippen LogP contribution in [0.15, 0.2) is 36.7 Å². The van der Waals surface area contributed by atoms with Gasteiger partial charge in [0.1, 0.15) is 11.6 Å². The summed E-state index contributed by atoms with van der Waals surface area (Å²) in [5.74, 6) is 2.02. The van der Waals surface area contributed by atoms with Gasteiger partial charge in [-0.1, -0.05) is 25.1 Å². The number of aryl methyl sites for hydroxylation is 1. The van der Waals surface area contributed by atoms with Crippen LogP contribution in [-0.4, -0.2) is 17.0 Å². The predicted octanol–water partition coefficient (Wildman–Crippen LogP) is 2.87. The molecule has 0 aliphatic carbocycles. The first-order valence-corrected chi connectivity index (χ1v) is 5.59. The number of hydrogen-bond acceptors (Lipinski definition) is 4. The van der Waals surface area contributed by atoms with Crippen molar-refractivity contribution in [3.8, 4) is 11.6 Å². The molecule has 0 atom stereocenters. The van der Waals surface area contributed by atoms with Crippen molar-refractivity contribution in [3.63, 3.8) is 0 Å². The van der Waals surface area contributed by atoms with Gasteiger partial charge in [0.05, 0.1) is 12.4 Å². The lowest BCUT2D eigenvalue weighted by molar-refractivity contribution is 0.456. The number of ether oxygens (including phenoxy) is 1. The maximum atomic E-state index is 5.73. The molecule has 0 aliphatic rings. The molecule has 17 heavy (non-hydrogen) atoms. The van der Waals surface area contributed by atoms with E-state index in [2.05, 4.69) is 22.2 Å². The van der Waals surface area contributed by atoms with Crippen molar-refractivity contribution in [2.75, 3.05) is 12.4 Å². The Morgan fingerprint density at radius 1 is 1.24 bits per heavy atom. The van der Waals surface area contributed by atoms with Crippen LogP contribution in [0.25, 0.3) is 0 Å². The standard InChI is InChI=1S/C13H15N3O/c1-3-10-6-4-5-7-11(10)17-13-9-15-8-12(14-2)16-13/h4-9H,3H2,1-2H3,(H,14,16). The van der Waals surface area contributed by atoms with Gasteiger partial charge in [0.2, 0.25) is 5.88 Å². The minimum atomic E-state index is 0.498. The number of anilines is 1. The maximum Gasteiger partial charge on any atom is 0.239 e. The van der Waals surface area contributed by atoms with E-state index in [4.69, 9.17) is 4.74 Å². The van der Waals surface area contributed by atoms with Gasteiger partial charge in [-0.15, -0.1) is 0 Å². The Morgan fingerprint density at radius 3 is 2.82 bits per heavy atom. The molecule has 0 spiro atoms. The molecular formula is C13H15N3O. The average molecular weight is 229 g/mol. The third kappa shape index (κ3) is 2.72. The smallest absolute Gasteiger partial charge is 0.239 e. The second kappa shape index (κ2) is 5.30. The van der Waals surface area contributed by atoms with Crippen LogP contribution in [0.5, 0.6) is 11.6 Å². The number of para-hydroxylation sites is 1. The molecule has 0 fully saturated rings. The summed E-state index contributed by atoms with van der Waals surface area (Å²) in [6, 6.07) is 7.93. The molecule has 88 valence electrons. The van der Waals surface area contributed by atoms with Crippen molar-refractivity contribution < 1.29 is 4.74 Å². The summed E-state index contributed by atoms with van der Waals surface area (Å²) < 4.78 is 5.73. The molecule has 4 heteroatoms. The van der Waals surface area contributed by atoms with Crippen LogP contribution < -0.4 is 10.1 Å². The molecule has 1 aromatic carbocycles. The molecular weight excluding hydrogens is 214 g/mol. The van der Waals surface area contributed by atoms with E-state index in [1.165, 1.54) is 0 Å². The lowest BCUT2D eigenvalue weighted by Gasteiger charge is -2.09. The van der Waals surface area contributed by atoms with E-state index >= 15 is 0 Å². The number of hydrogen-bond donors (Lipinski definition) is 1. The molecule has 1 N–H and O–H groups in total. The lowest BCUT2D eigenvalue weighted by atomic mass is 10.1. The number of benzene rings is 1. The van der Waals surface area contributed by atoms with Gasteiger partial charge in [-0.05, 0) is 18.1 Å². The predicted molar refractivity (Wildman–Crippen MR) is 67.5 cm³/mol. The average Bonchev–Trinajstić information content (AvgIpc) is 2.39.